The van der Waals surface area contributed by atoms with Crippen molar-refractivity contribution in [3.8, 4) is 0 Å². The van der Waals surface area contributed by atoms with Gasteiger partial charge in [0.05, 0.1) is 18.8 Å². The van der Waals surface area contributed by atoms with Crippen molar-refractivity contribution in [2.75, 3.05) is 20.3 Å². The summed E-state index contributed by atoms with van der Waals surface area (Å²) < 4.78 is 11.5. The summed E-state index contributed by atoms with van der Waals surface area (Å²) in [6.07, 6.45) is 12.7. The maximum atomic E-state index is 5.94. The van der Waals surface area contributed by atoms with Gasteiger partial charge in [-0.15, -0.1) is 0 Å². The molecule has 1 N–H and O–H groups in total. The molecular formula is C15H29NO2. The lowest BCUT2D eigenvalue weighted by atomic mass is 9.92. The summed E-state index contributed by atoms with van der Waals surface area (Å²) in [5.74, 6) is 0. The SMILES string of the molecule is COC1CCCCC1NCCOC1CCCCC1. The van der Waals surface area contributed by atoms with Crippen molar-refractivity contribution in [2.24, 2.45) is 0 Å². The molecule has 0 bridgehead atoms. The average molecular weight is 255 g/mol. The zero-order chi connectivity index (χ0) is 12.6. The standard InChI is InChI=1S/C15H29NO2/c1-17-15-10-6-5-9-14(15)16-11-12-18-13-7-3-2-4-8-13/h13-16H,2-12H2,1H3. The van der Waals surface area contributed by atoms with Crippen LogP contribution in [0, 0.1) is 0 Å². The highest BCUT2D eigenvalue weighted by Gasteiger charge is 2.24. The smallest absolute Gasteiger partial charge is 0.0724 e. The van der Waals surface area contributed by atoms with Crippen molar-refractivity contribution in [1.82, 2.24) is 5.32 Å². The van der Waals surface area contributed by atoms with Crippen LogP contribution in [-0.2, 0) is 9.47 Å². The third-order valence-corrected chi connectivity index (χ3v) is 4.42. The molecule has 2 fully saturated rings. The molecule has 18 heavy (non-hydrogen) atoms. The molecule has 2 aliphatic rings. The van der Waals surface area contributed by atoms with E-state index in [-0.39, 0.29) is 0 Å². The normalized spacial score (nSPS) is 30.5. The van der Waals surface area contributed by atoms with Gasteiger partial charge in [0.1, 0.15) is 0 Å². The first kappa shape index (κ1) is 14.3. The van der Waals surface area contributed by atoms with Crippen LogP contribution < -0.4 is 5.32 Å². The molecular weight excluding hydrogens is 226 g/mol. The van der Waals surface area contributed by atoms with E-state index in [0.717, 1.165) is 13.2 Å². The fourth-order valence-electron chi connectivity index (χ4n) is 3.31. The van der Waals surface area contributed by atoms with Crippen LogP contribution in [0.3, 0.4) is 0 Å². The molecule has 0 heterocycles. The van der Waals surface area contributed by atoms with E-state index in [0.29, 0.717) is 18.2 Å². The Morgan fingerprint density at radius 3 is 2.44 bits per heavy atom. The quantitative estimate of drug-likeness (QED) is 0.740. The van der Waals surface area contributed by atoms with Gasteiger partial charge in [-0.3, -0.25) is 0 Å². The Hall–Kier alpha value is -0.120. The zero-order valence-electron chi connectivity index (χ0n) is 11.8. The Balaban J connectivity index is 1.56. The highest BCUT2D eigenvalue weighted by atomic mass is 16.5. The first-order chi connectivity index (χ1) is 8.90. The van der Waals surface area contributed by atoms with Crippen LogP contribution in [0.25, 0.3) is 0 Å². The van der Waals surface area contributed by atoms with Crippen LogP contribution in [0.2, 0.25) is 0 Å². The molecule has 2 aliphatic carbocycles. The lowest BCUT2D eigenvalue weighted by Crippen LogP contribution is -2.44. The number of methoxy groups -OCH3 is 1. The summed E-state index contributed by atoms with van der Waals surface area (Å²) in [5, 5.41) is 3.61. The minimum atomic E-state index is 0.411. The van der Waals surface area contributed by atoms with Crippen LogP contribution in [0.15, 0.2) is 0 Å². The topological polar surface area (TPSA) is 30.5 Å². The summed E-state index contributed by atoms with van der Waals surface area (Å²) in [5.41, 5.74) is 0. The summed E-state index contributed by atoms with van der Waals surface area (Å²) in [4.78, 5) is 0. The van der Waals surface area contributed by atoms with Crippen LogP contribution in [0.1, 0.15) is 57.8 Å². The van der Waals surface area contributed by atoms with Gasteiger partial charge < -0.3 is 14.8 Å². The summed E-state index contributed by atoms with van der Waals surface area (Å²) >= 11 is 0. The molecule has 0 aromatic carbocycles. The lowest BCUT2D eigenvalue weighted by molar-refractivity contribution is 0.0166. The molecule has 0 amide bonds. The van der Waals surface area contributed by atoms with Gasteiger partial charge in [0.2, 0.25) is 0 Å². The number of hydrogen-bond acceptors (Lipinski definition) is 3. The predicted octanol–water partition coefficient (Wildman–Crippen LogP) is 2.88. The van der Waals surface area contributed by atoms with Crippen LogP contribution >= 0.6 is 0 Å². The highest BCUT2D eigenvalue weighted by Crippen LogP contribution is 2.21. The van der Waals surface area contributed by atoms with Gasteiger partial charge in [0.15, 0.2) is 0 Å². The Morgan fingerprint density at radius 1 is 0.944 bits per heavy atom. The number of hydrogen-bond donors (Lipinski definition) is 1. The lowest BCUT2D eigenvalue weighted by Gasteiger charge is -2.31. The Labute approximate surface area is 112 Å². The highest BCUT2D eigenvalue weighted by molar-refractivity contribution is 4.81. The van der Waals surface area contributed by atoms with Crippen molar-refractivity contribution in [3.63, 3.8) is 0 Å². The molecule has 0 aliphatic heterocycles. The molecule has 2 atom stereocenters. The van der Waals surface area contributed by atoms with Crippen LogP contribution in [-0.4, -0.2) is 38.5 Å². The fourth-order valence-corrected chi connectivity index (χ4v) is 3.31. The first-order valence-electron chi connectivity index (χ1n) is 7.78. The molecule has 0 aromatic rings. The van der Waals surface area contributed by atoms with E-state index in [9.17, 15) is 0 Å². The molecule has 2 rings (SSSR count). The molecule has 0 saturated heterocycles. The van der Waals surface area contributed by atoms with Gasteiger partial charge in [0.25, 0.3) is 0 Å². The van der Waals surface area contributed by atoms with Gasteiger partial charge in [0, 0.05) is 19.7 Å². The zero-order valence-corrected chi connectivity index (χ0v) is 11.8. The molecule has 2 unspecified atom stereocenters. The van der Waals surface area contributed by atoms with E-state index in [4.69, 9.17) is 9.47 Å². The van der Waals surface area contributed by atoms with E-state index in [1.165, 1.54) is 57.8 Å². The molecule has 0 spiro atoms. The average Bonchev–Trinajstić information content (AvgIpc) is 2.45. The molecule has 0 radical (unpaired) electrons. The Kier molecular flexibility index (Phi) is 6.46. The van der Waals surface area contributed by atoms with Crippen molar-refractivity contribution < 1.29 is 9.47 Å². The van der Waals surface area contributed by atoms with Gasteiger partial charge in [-0.25, -0.2) is 0 Å². The molecule has 106 valence electrons. The summed E-state index contributed by atoms with van der Waals surface area (Å²) in [6, 6.07) is 0.540. The minimum Gasteiger partial charge on any atom is -0.380 e. The minimum absolute atomic E-state index is 0.411. The summed E-state index contributed by atoms with van der Waals surface area (Å²) in [7, 11) is 1.84. The molecule has 3 heteroatoms. The van der Waals surface area contributed by atoms with E-state index in [2.05, 4.69) is 5.32 Å². The summed E-state index contributed by atoms with van der Waals surface area (Å²) in [6.45, 7) is 1.83. The molecule has 2 saturated carbocycles. The fraction of sp³-hybridized carbons (Fsp3) is 1.00. The second kappa shape index (κ2) is 8.13. The third-order valence-electron chi connectivity index (χ3n) is 4.42. The van der Waals surface area contributed by atoms with Gasteiger partial charge in [-0.1, -0.05) is 32.1 Å². The second-order valence-corrected chi connectivity index (χ2v) is 5.75. The third kappa shape index (κ3) is 4.52. The van der Waals surface area contributed by atoms with Crippen LogP contribution in [0.5, 0.6) is 0 Å². The second-order valence-electron chi connectivity index (χ2n) is 5.75. The maximum Gasteiger partial charge on any atom is 0.0724 e. The number of rotatable bonds is 6. The van der Waals surface area contributed by atoms with Crippen molar-refractivity contribution in [3.05, 3.63) is 0 Å². The van der Waals surface area contributed by atoms with Gasteiger partial charge in [-0.2, -0.15) is 0 Å². The van der Waals surface area contributed by atoms with Gasteiger partial charge in [-0.05, 0) is 25.7 Å². The molecule has 3 nitrogen and oxygen atoms in total. The van der Waals surface area contributed by atoms with E-state index < -0.39 is 0 Å². The Bertz CT molecular complexity index is 217. The van der Waals surface area contributed by atoms with Crippen molar-refractivity contribution in [2.45, 2.75) is 76.0 Å². The molecule has 0 aromatic heterocycles. The van der Waals surface area contributed by atoms with E-state index in [1.807, 2.05) is 7.11 Å². The van der Waals surface area contributed by atoms with Crippen molar-refractivity contribution >= 4 is 0 Å². The first-order valence-corrected chi connectivity index (χ1v) is 7.78. The van der Waals surface area contributed by atoms with E-state index >= 15 is 0 Å². The number of ether oxygens (including phenoxy) is 2. The van der Waals surface area contributed by atoms with Crippen LogP contribution in [0.4, 0.5) is 0 Å². The maximum absolute atomic E-state index is 5.94. The largest absolute Gasteiger partial charge is 0.380 e. The van der Waals surface area contributed by atoms with Crippen molar-refractivity contribution in [1.29, 1.82) is 0 Å². The Morgan fingerprint density at radius 2 is 1.67 bits per heavy atom. The van der Waals surface area contributed by atoms with Gasteiger partial charge >= 0.3 is 0 Å². The monoisotopic (exact) mass is 255 g/mol. The number of nitrogens with one attached hydrogen (secondary N) is 1. The van der Waals surface area contributed by atoms with E-state index in [1.54, 1.807) is 0 Å². The predicted molar refractivity (Wildman–Crippen MR) is 73.9 cm³/mol.